The van der Waals surface area contributed by atoms with E-state index in [-0.39, 0.29) is 24.5 Å². The summed E-state index contributed by atoms with van der Waals surface area (Å²) in [7, 11) is 3.68. The van der Waals surface area contributed by atoms with Gasteiger partial charge in [0, 0.05) is 36.2 Å². The monoisotopic (exact) mass is 484 g/mol. The molecule has 1 aromatic carbocycles. The number of rotatable bonds is 8. The van der Waals surface area contributed by atoms with Crippen molar-refractivity contribution in [1.82, 2.24) is 10.2 Å². The number of carbonyl (C=O) groups excluding carboxylic acids is 1. The highest BCUT2D eigenvalue weighted by Crippen LogP contribution is 2.65. The van der Waals surface area contributed by atoms with Crippen LogP contribution in [-0.2, 0) is 21.4 Å². The van der Waals surface area contributed by atoms with Crippen LogP contribution in [0.5, 0.6) is 11.5 Å². The number of nitrogens with zero attached hydrogens (tertiary/aromatic N) is 1. The molecule has 5 rings (SSSR count). The number of aliphatic hydroxyl groups excluding tert-OH is 1. The number of benzene rings is 1. The first-order valence-corrected chi connectivity index (χ1v) is 12.5. The first-order valence-electron chi connectivity index (χ1n) is 12.5. The van der Waals surface area contributed by atoms with Crippen molar-refractivity contribution >= 4 is 5.97 Å². The molecule has 1 aromatic rings. The van der Waals surface area contributed by atoms with Gasteiger partial charge in [0.15, 0.2) is 17.6 Å². The number of aliphatic hydroxyl groups is 2. The summed E-state index contributed by atoms with van der Waals surface area (Å²) in [6, 6.07) is 3.92. The second-order valence-corrected chi connectivity index (χ2v) is 10.5. The Kier molecular flexibility index (Phi) is 5.89. The Labute approximate surface area is 206 Å². The van der Waals surface area contributed by atoms with Crippen LogP contribution in [0.2, 0.25) is 0 Å². The molecule has 8 heteroatoms. The van der Waals surface area contributed by atoms with Crippen LogP contribution in [0.25, 0.3) is 0 Å². The smallest absolute Gasteiger partial charge is 0.311 e. The number of hydrogen-bond acceptors (Lipinski definition) is 8. The molecule has 1 spiro atoms. The van der Waals surface area contributed by atoms with Crippen molar-refractivity contribution in [2.45, 2.75) is 81.3 Å². The van der Waals surface area contributed by atoms with Crippen molar-refractivity contribution in [3.8, 4) is 11.5 Å². The van der Waals surface area contributed by atoms with Crippen molar-refractivity contribution < 1.29 is 29.2 Å². The summed E-state index contributed by atoms with van der Waals surface area (Å²) < 4.78 is 18.1. The summed E-state index contributed by atoms with van der Waals surface area (Å²) in [5.74, 6) is 1.43. The maximum absolute atomic E-state index is 12.9. The highest BCUT2D eigenvalue weighted by molar-refractivity contribution is 5.72. The van der Waals surface area contributed by atoms with Crippen molar-refractivity contribution in [2.24, 2.45) is 0 Å². The van der Waals surface area contributed by atoms with Gasteiger partial charge in [-0.2, -0.15) is 0 Å². The number of likely N-dealkylation sites (N-methyl/N-ethyl adjacent to an activating group) is 1. The largest absolute Gasteiger partial charge is 0.493 e. The predicted molar refractivity (Wildman–Crippen MR) is 130 cm³/mol. The van der Waals surface area contributed by atoms with E-state index in [9.17, 15) is 15.0 Å². The molecule has 2 aliphatic carbocycles. The summed E-state index contributed by atoms with van der Waals surface area (Å²) in [5, 5.41) is 24.9. The fourth-order valence-electron chi connectivity index (χ4n) is 6.61. The lowest BCUT2D eigenvalue weighted by Crippen LogP contribution is -2.74. The molecule has 2 aliphatic heterocycles. The Bertz CT molecular complexity index is 1080. The number of methoxy groups -OCH3 is 1. The summed E-state index contributed by atoms with van der Waals surface area (Å²) in [5.41, 5.74) is 0.997. The molecule has 0 aromatic heterocycles. The van der Waals surface area contributed by atoms with Crippen LogP contribution in [0.4, 0.5) is 0 Å². The zero-order chi connectivity index (χ0) is 25.1. The molecule has 1 fully saturated rings. The molecule has 0 amide bonds. The Morgan fingerprint density at radius 1 is 1.40 bits per heavy atom. The van der Waals surface area contributed by atoms with Crippen LogP contribution in [0, 0.1) is 0 Å². The normalized spacial score (nSPS) is 32.0. The summed E-state index contributed by atoms with van der Waals surface area (Å²) in [6.07, 6.45) is 3.16. The number of nitrogens with one attached hydrogen (secondary N) is 1. The van der Waals surface area contributed by atoms with E-state index in [2.05, 4.69) is 29.9 Å². The maximum atomic E-state index is 12.9. The lowest BCUT2D eigenvalue weighted by Gasteiger charge is -2.61. The van der Waals surface area contributed by atoms with E-state index in [4.69, 9.17) is 14.2 Å². The zero-order valence-electron chi connectivity index (χ0n) is 21.0. The van der Waals surface area contributed by atoms with Gasteiger partial charge in [-0.15, -0.1) is 0 Å². The first kappa shape index (κ1) is 24.2. The van der Waals surface area contributed by atoms with Crippen molar-refractivity contribution in [2.75, 3.05) is 20.7 Å². The van der Waals surface area contributed by atoms with Gasteiger partial charge in [-0.25, -0.2) is 0 Å². The number of ether oxygens (including phenoxy) is 3. The van der Waals surface area contributed by atoms with Gasteiger partial charge in [-0.3, -0.25) is 4.79 Å². The second-order valence-electron chi connectivity index (χ2n) is 10.5. The first-order chi connectivity index (χ1) is 16.6. The van der Waals surface area contributed by atoms with Gasteiger partial charge < -0.3 is 34.6 Å². The minimum atomic E-state index is -1.02. The molecule has 8 nitrogen and oxygen atoms in total. The average Bonchev–Trinajstić information content (AvgIpc) is 3.17. The van der Waals surface area contributed by atoms with Crippen LogP contribution in [-0.4, -0.2) is 71.7 Å². The summed E-state index contributed by atoms with van der Waals surface area (Å²) in [6.45, 7) is 8.20. The van der Waals surface area contributed by atoms with Gasteiger partial charge in [0.1, 0.15) is 5.76 Å². The average molecular weight is 485 g/mol. The summed E-state index contributed by atoms with van der Waals surface area (Å²) >= 11 is 0. The van der Waals surface area contributed by atoms with Gasteiger partial charge in [0.2, 0.25) is 0 Å². The number of carbonyl (C=O) groups is 1. The van der Waals surface area contributed by atoms with Crippen LogP contribution in [0.1, 0.15) is 50.7 Å². The Hall–Kier alpha value is -2.55. The maximum Gasteiger partial charge on any atom is 0.311 e. The van der Waals surface area contributed by atoms with Crippen LogP contribution in [0.15, 0.2) is 36.2 Å². The van der Waals surface area contributed by atoms with E-state index < -0.39 is 23.2 Å². The van der Waals surface area contributed by atoms with E-state index in [0.29, 0.717) is 42.2 Å². The van der Waals surface area contributed by atoms with Crippen molar-refractivity contribution in [1.29, 1.82) is 0 Å². The number of esters is 1. The molecule has 2 heterocycles. The lowest BCUT2D eigenvalue weighted by atomic mass is 9.50. The van der Waals surface area contributed by atoms with E-state index in [1.165, 1.54) is 0 Å². The fourth-order valence-corrected chi connectivity index (χ4v) is 6.61. The molecule has 2 unspecified atom stereocenters. The third-order valence-electron chi connectivity index (χ3n) is 8.51. The predicted octanol–water partition coefficient (Wildman–Crippen LogP) is 2.17. The fraction of sp³-hybridized carbons (Fsp3) is 0.593. The third kappa shape index (κ3) is 3.49. The molecule has 1 saturated heterocycles. The van der Waals surface area contributed by atoms with Gasteiger partial charge in [0.25, 0.3) is 0 Å². The standard InChI is InChI=1S/C27H36N2O6/c1-15(28-16(2)17(3)30)6-9-22(31)34-20-10-11-27(32)21-14-18-7-8-19(33-5)24-23(18)26(27,25(20)35-24)12-13-29(21)4/h7-8,10,15,17,21,25,28,30,32H,2,6,9,11-14H2,1,3-5H3/t15-,17+,21-,25?,26?,27-/m1/s1. The molecule has 0 radical (unpaired) electrons. The van der Waals surface area contributed by atoms with Gasteiger partial charge in [0.05, 0.1) is 24.2 Å². The molecule has 35 heavy (non-hydrogen) atoms. The van der Waals surface area contributed by atoms with Crippen LogP contribution in [0.3, 0.4) is 0 Å². The topological polar surface area (TPSA) is 100 Å². The van der Waals surface area contributed by atoms with Crippen LogP contribution >= 0.6 is 0 Å². The van der Waals surface area contributed by atoms with E-state index in [1.54, 1.807) is 14.0 Å². The molecule has 3 N–H and O–H groups in total. The second kappa shape index (κ2) is 8.54. The molecule has 2 bridgehead atoms. The quantitative estimate of drug-likeness (QED) is 0.483. The molecule has 0 saturated carbocycles. The molecular weight excluding hydrogens is 448 g/mol. The highest BCUT2D eigenvalue weighted by Gasteiger charge is 2.72. The van der Waals surface area contributed by atoms with Gasteiger partial charge in [-0.1, -0.05) is 12.6 Å². The van der Waals surface area contributed by atoms with Crippen molar-refractivity contribution in [3.63, 3.8) is 0 Å². The SMILES string of the molecule is C=C(N[C@H](C)CCC(=O)OC1=CC[C@@]2(O)[C@H]3Cc4ccc(OC)c5c4C2(CCN3C)C1O5)[C@H](C)O. The Morgan fingerprint density at radius 2 is 2.17 bits per heavy atom. The summed E-state index contributed by atoms with van der Waals surface area (Å²) in [4.78, 5) is 15.1. The lowest BCUT2D eigenvalue weighted by molar-refractivity contribution is -0.169. The van der Waals surface area contributed by atoms with E-state index in [0.717, 1.165) is 24.1 Å². The van der Waals surface area contributed by atoms with E-state index in [1.807, 2.05) is 19.1 Å². The molecule has 6 atom stereocenters. The van der Waals surface area contributed by atoms with Crippen LogP contribution < -0.4 is 14.8 Å². The zero-order valence-corrected chi connectivity index (χ0v) is 21.0. The van der Waals surface area contributed by atoms with E-state index >= 15 is 0 Å². The third-order valence-corrected chi connectivity index (χ3v) is 8.51. The number of likely N-dealkylation sites (tertiary alicyclic amines) is 1. The number of piperidine rings is 1. The minimum Gasteiger partial charge on any atom is -0.493 e. The molecule has 190 valence electrons. The minimum absolute atomic E-state index is 0.0412. The number of hydrogen-bond donors (Lipinski definition) is 3. The molecular formula is C27H36N2O6. The highest BCUT2D eigenvalue weighted by atomic mass is 16.6. The Morgan fingerprint density at radius 3 is 2.89 bits per heavy atom. The Balaban J connectivity index is 1.41. The molecule has 4 aliphatic rings. The van der Waals surface area contributed by atoms with Crippen molar-refractivity contribution in [3.05, 3.63) is 47.4 Å². The van der Waals surface area contributed by atoms with Gasteiger partial charge in [-0.05, 0) is 64.4 Å². The van der Waals surface area contributed by atoms with Gasteiger partial charge >= 0.3 is 5.97 Å².